The van der Waals surface area contributed by atoms with Gasteiger partial charge in [0.25, 0.3) is 0 Å². The second kappa shape index (κ2) is 8.20. The number of hydrogen-bond donors (Lipinski definition) is 1. The van der Waals surface area contributed by atoms with Crippen LogP contribution in [0.15, 0.2) is 59.5 Å². The third-order valence-electron chi connectivity index (χ3n) is 4.41. The van der Waals surface area contributed by atoms with E-state index < -0.39 is 10.0 Å². The maximum absolute atomic E-state index is 12.6. The van der Waals surface area contributed by atoms with Crippen molar-refractivity contribution in [1.82, 2.24) is 9.21 Å². The van der Waals surface area contributed by atoms with E-state index in [2.05, 4.69) is 11.4 Å². The lowest BCUT2D eigenvalue weighted by Crippen LogP contribution is -2.51. The van der Waals surface area contributed by atoms with E-state index >= 15 is 0 Å². The summed E-state index contributed by atoms with van der Waals surface area (Å²) in [6, 6.07) is 17.3. The number of nitrogens with one attached hydrogen (secondary N) is 1. The van der Waals surface area contributed by atoms with Crippen LogP contribution in [0.5, 0.6) is 0 Å². The van der Waals surface area contributed by atoms with Gasteiger partial charge < -0.3 is 10.2 Å². The first-order chi connectivity index (χ1) is 13.0. The summed E-state index contributed by atoms with van der Waals surface area (Å²) < 4.78 is 26.6. The predicted octanol–water partition coefficient (Wildman–Crippen LogP) is 1.50. The van der Waals surface area contributed by atoms with Crippen LogP contribution in [0, 0.1) is 11.3 Å². The average Bonchev–Trinajstić information content (AvgIpc) is 2.73. The van der Waals surface area contributed by atoms with Crippen LogP contribution < -0.4 is 5.32 Å². The van der Waals surface area contributed by atoms with Gasteiger partial charge in [0.05, 0.1) is 23.1 Å². The second-order valence-corrected chi connectivity index (χ2v) is 8.08. The number of rotatable bonds is 5. The van der Waals surface area contributed by atoms with Crippen LogP contribution >= 0.6 is 0 Å². The Bertz CT molecular complexity index is 946. The van der Waals surface area contributed by atoms with E-state index in [1.165, 1.54) is 4.31 Å². The highest BCUT2D eigenvalue weighted by atomic mass is 32.2. The van der Waals surface area contributed by atoms with E-state index in [1.54, 1.807) is 59.5 Å². The Kier molecular flexibility index (Phi) is 5.74. The van der Waals surface area contributed by atoms with Gasteiger partial charge in [0.2, 0.25) is 15.9 Å². The average molecular weight is 384 g/mol. The van der Waals surface area contributed by atoms with Crippen molar-refractivity contribution in [2.75, 3.05) is 38.0 Å². The maximum atomic E-state index is 12.6. The molecule has 1 N–H and O–H groups in total. The van der Waals surface area contributed by atoms with Gasteiger partial charge in [-0.05, 0) is 30.3 Å². The third-order valence-corrected chi connectivity index (χ3v) is 6.32. The van der Waals surface area contributed by atoms with Crippen LogP contribution in [-0.4, -0.2) is 56.3 Å². The topological polar surface area (TPSA) is 93.5 Å². The summed E-state index contributed by atoms with van der Waals surface area (Å²) in [6.45, 7) is 1.34. The summed E-state index contributed by atoms with van der Waals surface area (Å²) in [5, 5.41) is 11.9. The Hall–Kier alpha value is -2.89. The summed E-state index contributed by atoms with van der Waals surface area (Å²) in [6.07, 6.45) is 0. The molecule has 0 radical (unpaired) electrons. The molecule has 2 aromatic rings. The summed E-state index contributed by atoms with van der Waals surface area (Å²) in [7, 11) is -3.53. The SMILES string of the molecule is N#Cc1cccc(NCC(=O)N2CCN(S(=O)(=O)c3ccccc3)CC2)c1. The number of piperazine rings is 1. The molecule has 1 aliphatic rings. The van der Waals surface area contributed by atoms with Crippen molar-refractivity contribution in [3.8, 4) is 6.07 Å². The second-order valence-electron chi connectivity index (χ2n) is 6.14. The number of sulfonamides is 1. The maximum Gasteiger partial charge on any atom is 0.243 e. The van der Waals surface area contributed by atoms with Gasteiger partial charge >= 0.3 is 0 Å². The highest BCUT2D eigenvalue weighted by Gasteiger charge is 2.29. The quantitative estimate of drug-likeness (QED) is 0.843. The Labute approximate surface area is 158 Å². The van der Waals surface area contributed by atoms with Gasteiger partial charge in [-0.2, -0.15) is 9.57 Å². The monoisotopic (exact) mass is 384 g/mol. The van der Waals surface area contributed by atoms with Crippen molar-refractivity contribution in [2.45, 2.75) is 4.90 Å². The molecule has 140 valence electrons. The van der Waals surface area contributed by atoms with Crippen molar-refractivity contribution >= 4 is 21.6 Å². The first-order valence-electron chi connectivity index (χ1n) is 8.58. The van der Waals surface area contributed by atoms with Gasteiger partial charge in [0, 0.05) is 31.9 Å². The summed E-state index contributed by atoms with van der Waals surface area (Å²) in [4.78, 5) is 14.3. The molecule has 0 saturated carbocycles. The zero-order valence-corrected chi connectivity index (χ0v) is 15.5. The highest BCUT2D eigenvalue weighted by molar-refractivity contribution is 7.89. The summed E-state index contributed by atoms with van der Waals surface area (Å²) in [5.41, 5.74) is 1.22. The molecule has 8 heteroatoms. The predicted molar refractivity (Wildman–Crippen MR) is 101 cm³/mol. The molecule has 0 unspecified atom stereocenters. The highest BCUT2D eigenvalue weighted by Crippen LogP contribution is 2.17. The number of nitrogens with zero attached hydrogens (tertiary/aromatic N) is 3. The van der Waals surface area contributed by atoms with Gasteiger partial charge in [0.15, 0.2) is 0 Å². The van der Waals surface area contributed by atoms with E-state index in [0.717, 1.165) is 0 Å². The van der Waals surface area contributed by atoms with E-state index in [9.17, 15) is 13.2 Å². The zero-order valence-electron chi connectivity index (χ0n) is 14.7. The molecule has 0 aromatic heterocycles. The van der Waals surface area contributed by atoms with Crippen molar-refractivity contribution in [3.05, 3.63) is 60.2 Å². The number of benzene rings is 2. The van der Waals surface area contributed by atoms with Crippen LogP contribution in [0.25, 0.3) is 0 Å². The van der Waals surface area contributed by atoms with Crippen LogP contribution in [0.4, 0.5) is 5.69 Å². The Morgan fingerprint density at radius 1 is 1.04 bits per heavy atom. The van der Waals surface area contributed by atoms with E-state index in [1.807, 2.05) is 0 Å². The molecule has 3 rings (SSSR count). The first kappa shape index (κ1) is 18.9. The molecular formula is C19H20N4O3S. The van der Waals surface area contributed by atoms with Crippen molar-refractivity contribution in [2.24, 2.45) is 0 Å². The lowest BCUT2D eigenvalue weighted by atomic mass is 10.2. The molecule has 0 bridgehead atoms. The molecule has 0 aliphatic carbocycles. The van der Waals surface area contributed by atoms with Gasteiger partial charge in [0.1, 0.15) is 0 Å². The minimum absolute atomic E-state index is 0.0975. The number of nitriles is 1. The molecular weight excluding hydrogens is 364 g/mol. The summed E-state index contributed by atoms with van der Waals surface area (Å²) in [5.74, 6) is -0.103. The fraction of sp³-hybridized carbons (Fsp3) is 0.263. The molecule has 0 spiro atoms. The minimum atomic E-state index is -3.53. The van der Waals surface area contributed by atoms with Crippen LogP contribution in [0.3, 0.4) is 0 Å². The van der Waals surface area contributed by atoms with Crippen molar-refractivity contribution in [1.29, 1.82) is 5.26 Å². The number of amides is 1. The number of hydrogen-bond acceptors (Lipinski definition) is 5. The van der Waals surface area contributed by atoms with Crippen molar-refractivity contribution in [3.63, 3.8) is 0 Å². The Balaban J connectivity index is 1.54. The third kappa shape index (κ3) is 4.45. The number of carbonyl (C=O) groups is 1. The molecule has 1 saturated heterocycles. The van der Waals surface area contributed by atoms with Gasteiger partial charge in [-0.25, -0.2) is 8.42 Å². The van der Waals surface area contributed by atoms with E-state index in [0.29, 0.717) is 24.3 Å². The molecule has 2 aromatic carbocycles. The normalized spacial score (nSPS) is 15.1. The van der Waals surface area contributed by atoms with E-state index in [4.69, 9.17) is 5.26 Å². The molecule has 27 heavy (non-hydrogen) atoms. The standard InChI is InChI=1S/C19H20N4O3S/c20-14-16-5-4-6-17(13-16)21-15-19(24)22-9-11-23(12-10-22)27(25,26)18-7-2-1-3-8-18/h1-8,13,21H,9-12,15H2. The van der Waals surface area contributed by atoms with E-state index in [-0.39, 0.29) is 30.4 Å². The number of carbonyl (C=O) groups excluding carboxylic acids is 1. The fourth-order valence-electron chi connectivity index (χ4n) is 2.91. The Morgan fingerprint density at radius 3 is 2.41 bits per heavy atom. The van der Waals surface area contributed by atoms with Crippen LogP contribution in [-0.2, 0) is 14.8 Å². The fourth-order valence-corrected chi connectivity index (χ4v) is 4.35. The largest absolute Gasteiger partial charge is 0.376 e. The number of anilines is 1. The molecule has 1 amide bonds. The first-order valence-corrected chi connectivity index (χ1v) is 10.0. The van der Waals surface area contributed by atoms with Crippen molar-refractivity contribution < 1.29 is 13.2 Å². The van der Waals surface area contributed by atoms with Crippen LogP contribution in [0.1, 0.15) is 5.56 Å². The zero-order chi connectivity index (χ0) is 19.3. The molecule has 0 atom stereocenters. The lowest BCUT2D eigenvalue weighted by Gasteiger charge is -2.34. The van der Waals surface area contributed by atoms with Gasteiger partial charge in [-0.15, -0.1) is 0 Å². The molecule has 1 aliphatic heterocycles. The lowest BCUT2D eigenvalue weighted by molar-refractivity contribution is -0.130. The Morgan fingerprint density at radius 2 is 1.74 bits per heavy atom. The minimum Gasteiger partial charge on any atom is -0.376 e. The summed E-state index contributed by atoms with van der Waals surface area (Å²) >= 11 is 0. The molecule has 7 nitrogen and oxygen atoms in total. The van der Waals surface area contributed by atoms with Gasteiger partial charge in [-0.1, -0.05) is 24.3 Å². The molecule has 1 fully saturated rings. The van der Waals surface area contributed by atoms with Gasteiger partial charge in [-0.3, -0.25) is 4.79 Å². The smallest absolute Gasteiger partial charge is 0.243 e. The van der Waals surface area contributed by atoms with Crippen LogP contribution in [0.2, 0.25) is 0 Å². The molecule has 1 heterocycles.